The van der Waals surface area contributed by atoms with Crippen molar-refractivity contribution in [2.45, 2.75) is 33.1 Å². The Kier molecular flexibility index (Phi) is 6.28. The van der Waals surface area contributed by atoms with E-state index in [0.717, 1.165) is 24.0 Å². The first-order valence-electron chi connectivity index (χ1n) is 9.61. The average molecular weight is 355 g/mol. The van der Waals surface area contributed by atoms with Crippen molar-refractivity contribution in [2.75, 3.05) is 6.61 Å². The zero-order valence-electron chi connectivity index (χ0n) is 16.0. The summed E-state index contributed by atoms with van der Waals surface area (Å²) in [6.07, 6.45) is 3.22. The predicted octanol–water partition coefficient (Wildman–Crippen LogP) is 6.63. The number of aryl methyl sites for hydroxylation is 1. The van der Waals surface area contributed by atoms with Gasteiger partial charge in [0.1, 0.15) is 11.8 Å². The highest BCUT2D eigenvalue weighted by atomic mass is 16.5. The van der Waals surface area contributed by atoms with Crippen LogP contribution in [-0.2, 0) is 6.42 Å². The minimum Gasteiger partial charge on any atom is -0.492 e. The molecule has 3 rings (SSSR count). The Morgan fingerprint density at radius 1 is 0.741 bits per heavy atom. The minimum absolute atomic E-state index is 0.580. The first-order chi connectivity index (χ1) is 13.2. The molecule has 2 nitrogen and oxygen atoms in total. The van der Waals surface area contributed by atoms with Gasteiger partial charge in [0.2, 0.25) is 0 Å². The van der Waals surface area contributed by atoms with Crippen molar-refractivity contribution in [3.05, 3.63) is 77.9 Å². The summed E-state index contributed by atoms with van der Waals surface area (Å²) in [6, 6.07) is 25.3. The zero-order chi connectivity index (χ0) is 19.1. The Hall–Kier alpha value is -3.05. The molecule has 0 aromatic heterocycles. The van der Waals surface area contributed by atoms with E-state index in [9.17, 15) is 5.26 Å². The monoisotopic (exact) mass is 355 g/mol. The number of ether oxygens (including phenoxy) is 1. The van der Waals surface area contributed by atoms with Crippen LogP contribution in [0.1, 0.15) is 37.8 Å². The van der Waals surface area contributed by atoms with Crippen molar-refractivity contribution < 1.29 is 4.74 Å². The van der Waals surface area contributed by atoms with E-state index in [1.165, 1.54) is 23.1 Å². The van der Waals surface area contributed by atoms with E-state index in [4.69, 9.17) is 4.74 Å². The molecule has 0 aliphatic heterocycles. The molecule has 0 radical (unpaired) electrons. The van der Waals surface area contributed by atoms with Crippen LogP contribution in [-0.4, -0.2) is 6.61 Å². The van der Waals surface area contributed by atoms with Gasteiger partial charge in [0, 0.05) is 0 Å². The second kappa shape index (κ2) is 9.05. The van der Waals surface area contributed by atoms with Crippen molar-refractivity contribution in [3.8, 4) is 34.1 Å². The molecule has 0 N–H and O–H groups in total. The predicted molar refractivity (Wildman–Crippen MR) is 112 cm³/mol. The lowest BCUT2D eigenvalue weighted by atomic mass is 9.98. The maximum atomic E-state index is 9.41. The maximum Gasteiger partial charge on any atom is 0.137 e. The van der Waals surface area contributed by atoms with Gasteiger partial charge in [-0.05, 0) is 52.8 Å². The van der Waals surface area contributed by atoms with Gasteiger partial charge in [-0.15, -0.1) is 0 Å². The highest BCUT2D eigenvalue weighted by Gasteiger charge is 2.07. The number of hydrogen-bond donors (Lipinski definition) is 0. The van der Waals surface area contributed by atoms with E-state index >= 15 is 0 Å². The Morgan fingerprint density at radius 2 is 1.30 bits per heavy atom. The average Bonchev–Trinajstić information content (AvgIpc) is 2.73. The topological polar surface area (TPSA) is 33.0 Å². The van der Waals surface area contributed by atoms with Crippen LogP contribution in [0.3, 0.4) is 0 Å². The normalized spacial score (nSPS) is 10.4. The summed E-state index contributed by atoms with van der Waals surface area (Å²) in [5.74, 6) is 0.659. The Bertz CT molecular complexity index is 918. The van der Waals surface area contributed by atoms with Crippen molar-refractivity contribution in [3.63, 3.8) is 0 Å². The van der Waals surface area contributed by atoms with Gasteiger partial charge < -0.3 is 4.74 Å². The molecular formula is C25H25NO. The third kappa shape index (κ3) is 4.57. The molecule has 2 heteroatoms. The molecule has 3 aromatic rings. The SMILES string of the molecule is CCCOc1ccc(-c2ccc(-c3ccc(CCC)cc3)cc2)cc1C#N. The zero-order valence-corrected chi connectivity index (χ0v) is 16.0. The molecule has 0 saturated carbocycles. The summed E-state index contributed by atoms with van der Waals surface area (Å²) >= 11 is 0. The van der Waals surface area contributed by atoms with E-state index in [-0.39, 0.29) is 0 Å². The molecule has 0 fully saturated rings. The standard InChI is InChI=1S/C25H25NO/c1-3-5-19-6-8-20(9-7-19)21-10-12-22(13-11-21)23-14-15-25(27-16-4-2)24(17-23)18-26/h6-15,17H,3-5,16H2,1-2H3. The van der Waals surface area contributed by atoms with Crippen molar-refractivity contribution in [1.82, 2.24) is 0 Å². The van der Waals surface area contributed by atoms with Crippen molar-refractivity contribution in [1.29, 1.82) is 5.26 Å². The van der Waals surface area contributed by atoms with E-state index in [0.29, 0.717) is 17.9 Å². The van der Waals surface area contributed by atoms with Crippen LogP contribution >= 0.6 is 0 Å². The molecule has 0 aliphatic rings. The fourth-order valence-electron chi connectivity index (χ4n) is 3.14. The fourth-order valence-corrected chi connectivity index (χ4v) is 3.14. The second-order valence-corrected chi connectivity index (χ2v) is 6.70. The lowest BCUT2D eigenvalue weighted by molar-refractivity contribution is 0.316. The molecule has 0 bridgehead atoms. The number of benzene rings is 3. The van der Waals surface area contributed by atoms with Gasteiger partial charge in [-0.25, -0.2) is 0 Å². The highest BCUT2D eigenvalue weighted by Crippen LogP contribution is 2.29. The molecule has 0 atom stereocenters. The van der Waals surface area contributed by atoms with Gasteiger partial charge in [-0.2, -0.15) is 5.26 Å². The maximum absolute atomic E-state index is 9.41. The molecular weight excluding hydrogens is 330 g/mol. The van der Waals surface area contributed by atoms with Crippen LogP contribution in [0.5, 0.6) is 5.75 Å². The van der Waals surface area contributed by atoms with Crippen LogP contribution in [0, 0.1) is 11.3 Å². The first-order valence-corrected chi connectivity index (χ1v) is 9.61. The van der Waals surface area contributed by atoms with Crippen LogP contribution in [0.2, 0.25) is 0 Å². The van der Waals surface area contributed by atoms with Gasteiger partial charge in [-0.3, -0.25) is 0 Å². The molecule has 0 heterocycles. The second-order valence-electron chi connectivity index (χ2n) is 6.70. The smallest absolute Gasteiger partial charge is 0.137 e. The number of nitriles is 1. The van der Waals surface area contributed by atoms with Crippen LogP contribution in [0.15, 0.2) is 66.7 Å². The van der Waals surface area contributed by atoms with Crippen molar-refractivity contribution >= 4 is 0 Å². The van der Waals surface area contributed by atoms with Gasteiger partial charge >= 0.3 is 0 Å². The lowest BCUT2D eigenvalue weighted by Crippen LogP contribution is -1.97. The lowest BCUT2D eigenvalue weighted by Gasteiger charge is -2.10. The Labute approximate surface area is 162 Å². The number of nitrogens with zero attached hydrogens (tertiary/aromatic N) is 1. The fraction of sp³-hybridized carbons (Fsp3) is 0.240. The summed E-state index contributed by atoms with van der Waals surface area (Å²) in [4.78, 5) is 0. The largest absolute Gasteiger partial charge is 0.492 e. The van der Waals surface area contributed by atoms with Gasteiger partial charge in [0.25, 0.3) is 0 Å². The minimum atomic E-state index is 0.580. The summed E-state index contributed by atoms with van der Waals surface area (Å²) in [6.45, 7) is 4.88. The number of rotatable bonds is 7. The summed E-state index contributed by atoms with van der Waals surface area (Å²) in [7, 11) is 0. The summed E-state index contributed by atoms with van der Waals surface area (Å²) < 4.78 is 5.65. The first kappa shape index (κ1) is 18.7. The van der Waals surface area contributed by atoms with E-state index < -0.39 is 0 Å². The van der Waals surface area contributed by atoms with Crippen LogP contribution < -0.4 is 4.74 Å². The van der Waals surface area contributed by atoms with Gasteiger partial charge in [0.05, 0.1) is 12.2 Å². The third-order valence-corrected chi connectivity index (χ3v) is 4.61. The summed E-state index contributed by atoms with van der Waals surface area (Å²) in [5.41, 5.74) is 6.51. The van der Waals surface area contributed by atoms with E-state index in [2.05, 4.69) is 68.4 Å². The molecule has 0 aliphatic carbocycles. The highest BCUT2D eigenvalue weighted by molar-refractivity contribution is 5.72. The molecule has 3 aromatic carbocycles. The molecule has 27 heavy (non-hydrogen) atoms. The molecule has 136 valence electrons. The Morgan fingerprint density at radius 3 is 1.85 bits per heavy atom. The van der Waals surface area contributed by atoms with Gasteiger partial charge in [0.15, 0.2) is 0 Å². The van der Waals surface area contributed by atoms with Crippen LogP contribution in [0.25, 0.3) is 22.3 Å². The van der Waals surface area contributed by atoms with E-state index in [1.807, 2.05) is 18.2 Å². The van der Waals surface area contributed by atoms with Crippen molar-refractivity contribution in [2.24, 2.45) is 0 Å². The molecule has 0 amide bonds. The quantitative estimate of drug-likeness (QED) is 0.476. The Balaban J connectivity index is 1.81. The number of hydrogen-bond acceptors (Lipinski definition) is 2. The van der Waals surface area contributed by atoms with Gasteiger partial charge in [-0.1, -0.05) is 74.9 Å². The van der Waals surface area contributed by atoms with E-state index in [1.54, 1.807) is 0 Å². The molecule has 0 saturated heterocycles. The third-order valence-electron chi connectivity index (χ3n) is 4.61. The summed E-state index contributed by atoms with van der Waals surface area (Å²) in [5, 5.41) is 9.41. The molecule has 0 spiro atoms. The molecule has 0 unspecified atom stereocenters. The van der Waals surface area contributed by atoms with Crippen LogP contribution in [0.4, 0.5) is 0 Å².